The minimum absolute atomic E-state index is 0.0976. The number of carbonyl (C=O) groups is 1. The van der Waals surface area contributed by atoms with Crippen molar-refractivity contribution in [3.63, 3.8) is 0 Å². The number of halogens is 1. The Morgan fingerprint density at radius 3 is 2.62 bits per heavy atom. The first-order chi connectivity index (χ1) is 12.7. The first-order valence-corrected chi connectivity index (χ1v) is 8.10. The van der Waals surface area contributed by atoms with E-state index in [0.29, 0.717) is 22.7 Å². The smallest absolute Gasteiger partial charge is 0.269 e. The van der Waals surface area contributed by atoms with E-state index < -0.39 is 17.8 Å². The number of para-hydroxylation sites is 2. The van der Waals surface area contributed by atoms with Crippen LogP contribution in [0.4, 0.5) is 10.1 Å². The van der Waals surface area contributed by atoms with Gasteiger partial charge in [0.05, 0.1) is 0 Å². The second-order valence-corrected chi connectivity index (χ2v) is 5.78. The average Bonchev–Trinajstić information content (AvgIpc) is 2.68. The van der Waals surface area contributed by atoms with Crippen LogP contribution in [0, 0.1) is 5.82 Å². The summed E-state index contributed by atoms with van der Waals surface area (Å²) in [6.45, 7) is 0.0976. The van der Waals surface area contributed by atoms with E-state index in [-0.39, 0.29) is 6.61 Å². The lowest BCUT2D eigenvalue weighted by atomic mass is 10.1. The van der Waals surface area contributed by atoms with Crippen molar-refractivity contribution in [1.82, 2.24) is 4.98 Å². The van der Waals surface area contributed by atoms with E-state index in [1.165, 1.54) is 6.07 Å². The summed E-state index contributed by atoms with van der Waals surface area (Å²) in [4.78, 5) is 16.3. The molecule has 5 nitrogen and oxygen atoms in total. The molecule has 1 amide bonds. The molecule has 0 spiro atoms. The van der Waals surface area contributed by atoms with Crippen LogP contribution in [0.3, 0.4) is 0 Å². The highest BCUT2D eigenvalue weighted by Gasteiger charge is 2.27. The van der Waals surface area contributed by atoms with Crippen molar-refractivity contribution in [2.24, 2.45) is 0 Å². The highest BCUT2D eigenvalue weighted by atomic mass is 19.1. The number of amides is 1. The molecule has 3 aromatic rings. The summed E-state index contributed by atoms with van der Waals surface area (Å²) in [6.07, 6.45) is 2.40. The van der Waals surface area contributed by atoms with E-state index in [1.807, 2.05) is 6.07 Å². The predicted octanol–water partition coefficient (Wildman–Crippen LogP) is 3.67. The van der Waals surface area contributed by atoms with Crippen molar-refractivity contribution >= 4 is 11.6 Å². The second-order valence-electron chi connectivity index (χ2n) is 5.78. The van der Waals surface area contributed by atoms with Crippen LogP contribution in [0.5, 0.6) is 11.5 Å². The van der Waals surface area contributed by atoms with Gasteiger partial charge in [-0.1, -0.05) is 12.1 Å². The van der Waals surface area contributed by atoms with Gasteiger partial charge in [-0.15, -0.1) is 0 Å². The topological polar surface area (TPSA) is 60.5 Å². The van der Waals surface area contributed by atoms with Crippen molar-refractivity contribution in [2.45, 2.75) is 6.10 Å². The largest absolute Gasteiger partial charge is 0.485 e. The molecular formula is C20H15FN2O3. The molecule has 0 fully saturated rings. The van der Waals surface area contributed by atoms with Crippen LogP contribution in [-0.2, 0) is 4.79 Å². The molecule has 4 rings (SSSR count). The number of carbonyl (C=O) groups excluding carboxylic acids is 1. The second kappa shape index (κ2) is 6.84. The molecule has 0 unspecified atom stereocenters. The summed E-state index contributed by atoms with van der Waals surface area (Å²) in [7, 11) is 0. The number of ether oxygens (including phenoxy) is 2. The van der Waals surface area contributed by atoms with Gasteiger partial charge in [-0.2, -0.15) is 0 Å². The van der Waals surface area contributed by atoms with Crippen LogP contribution >= 0.6 is 0 Å². The number of pyridine rings is 1. The van der Waals surface area contributed by atoms with Crippen molar-refractivity contribution in [2.75, 3.05) is 11.9 Å². The summed E-state index contributed by atoms with van der Waals surface area (Å²) >= 11 is 0. The third-order valence-electron chi connectivity index (χ3n) is 4.03. The maximum Gasteiger partial charge on any atom is 0.269 e. The van der Waals surface area contributed by atoms with E-state index >= 15 is 0 Å². The Kier molecular flexibility index (Phi) is 4.23. The first kappa shape index (κ1) is 16.1. The van der Waals surface area contributed by atoms with Crippen LogP contribution < -0.4 is 14.8 Å². The van der Waals surface area contributed by atoms with Gasteiger partial charge in [0, 0.05) is 23.6 Å². The molecule has 2 aromatic carbocycles. The lowest BCUT2D eigenvalue weighted by Gasteiger charge is -2.25. The number of rotatable bonds is 3. The Morgan fingerprint density at radius 2 is 1.85 bits per heavy atom. The fourth-order valence-electron chi connectivity index (χ4n) is 2.73. The molecule has 0 aliphatic carbocycles. The van der Waals surface area contributed by atoms with Crippen LogP contribution in [0.15, 0.2) is 67.0 Å². The summed E-state index contributed by atoms with van der Waals surface area (Å²) in [5.41, 5.74) is 1.51. The van der Waals surface area contributed by atoms with Crippen LogP contribution in [0.2, 0.25) is 0 Å². The number of nitrogens with zero attached hydrogens (tertiary/aromatic N) is 1. The normalized spacial score (nSPS) is 15.3. The van der Waals surface area contributed by atoms with Crippen LogP contribution in [0.25, 0.3) is 11.1 Å². The van der Waals surface area contributed by atoms with Gasteiger partial charge in [0.15, 0.2) is 11.5 Å². The number of hydrogen-bond donors (Lipinski definition) is 1. The van der Waals surface area contributed by atoms with Crippen molar-refractivity contribution in [1.29, 1.82) is 0 Å². The summed E-state index contributed by atoms with van der Waals surface area (Å²) in [5.74, 6) is 0.290. The maximum atomic E-state index is 14.4. The maximum absolute atomic E-state index is 14.4. The van der Waals surface area contributed by atoms with Gasteiger partial charge in [0.2, 0.25) is 6.10 Å². The highest BCUT2D eigenvalue weighted by molar-refractivity contribution is 5.95. The lowest BCUT2D eigenvalue weighted by Crippen LogP contribution is -2.40. The number of aromatic nitrogens is 1. The van der Waals surface area contributed by atoms with E-state index in [2.05, 4.69) is 10.3 Å². The van der Waals surface area contributed by atoms with Gasteiger partial charge in [-0.05, 0) is 48.0 Å². The fourth-order valence-corrected chi connectivity index (χ4v) is 2.73. The first-order valence-electron chi connectivity index (χ1n) is 8.10. The molecule has 0 radical (unpaired) electrons. The number of nitrogens with one attached hydrogen (secondary N) is 1. The monoisotopic (exact) mass is 350 g/mol. The van der Waals surface area contributed by atoms with E-state index in [9.17, 15) is 9.18 Å². The zero-order chi connectivity index (χ0) is 17.9. The van der Waals surface area contributed by atoms with E-state index in [4.69, 9.17) is 9.47 Å². The van der Waals surface area contributed by atoms with E-state index in [0.717, 1.165) is 5.56 Å². The third-order valence-corrected chi connectivity index (χ3v) is 4.03. The highest BCUT2D eigenvalue weighted by Crippen LogP contribution is 2.31. The van der Waals surface area contributed by atoms with Crippen molar-refractivity contribution < 1.29 is 18.7 Å². The SMILES string of the molecule is O=C(Nc1ccc(-c2ccncc2)c(F)c1)[C@@H]1COc2ccccc2O1. The number of hydrogen-bond acceptors (Lipinski definition) is 4. The molecule has 2 heterocycles. The Hall–Kier alpha value is -3.41. The minimum Gasteiger partial charge on any atom is -0.485 e. The predicted molar refractivity (Wildman–Crippen MR) is 94.6 cm³/mol. The third kappa shape index (κ3) is 3.21. The van der Waals surface area contributed by atoms with Gasteiger partial charge in [-0.3, -0.25) is 9.78 Å². The molecule has 1 atom stereocenters. The quantitative estimate of drug-likeness (QED) is 0.783. The Morgan fingerprint density at radius 1 is 1.08 bits per heavy atom. The minimum atomic E-state index is -0.798. The molecule has 26 heavy (non-hydrogen) atoms. The lowest BCUT2D eigenvalue weighted by molar-refractivity contribution is -0.125. The standard InChI is InChI=1S/C20H15FN2O3/c21-16-11-14(5-6-15(16)13-7-9-22-10-8-13)23-20(24)19-12-25-17-3-1-2-4-18(17)26-19/h1-11,19H,12H2,(H,23,24)/t19-/m0/s1. The number of anilines is 1. The van der Waals surface area contributed by atoms with Crippen molar-refractivity contribution in [3.8, 4) is 22.6 Å². The molecule has 0 saturated carbocycles. The Labute approximate surface area is 149 Å². The molecule has 1 aromatic heterocycles. The van der Waals surface area contributed by atoms with Crippen LogP contribution in [-0.4, -0.2) is 23.6 Å². The molecule has 130 valence electrons. The molecule has 0 bridgehead atoms. The average molecular weight is 350 g/mol. The van der Waals surface area contributed by atoms with Gasteiger partial charge in [0.1, 0.15) is 12.4 Å². The molecular weight excluding hydrogens is 335 g/mol. The van der Waals surface area contributed by atoms with Gasteiger partial charge < -0.3 is 14.8 Å². The molecule has 0 saturated heterocycles. The zero-order valence-electron chi connectivity index (χ0n) is 13.7. The summed E-state index contributed by atoms with van der Waals surface area (Å²) < 4.78 is 25.6. The van der Waals surface area contributed by atoms with Gasteiger partial charge >= 0.3 is 0 Å². The Balaban J connectivity index is 1.48. The number of benzene rings is 2. The zero-order valence-corrected chi connectivity index (χ0v) is 13.7. The van der Waals surface area contributed by atoms with E-state index in [1.54, 1.807) is 54.9 Å². The summed E-state index contributed by atoms with van der Waals surface area (Å²) in [5, 5.41) is 2.67. The summed E-state index contributed by atoms with van der Waals surface area (Å²) in [6, 6.07) is 15.1. The Bertz CT molecular complexity index is 947. The molecule has 1 N–H and O–H groups in total. The fraction of sp³-hybridized carbons (Fsp3) is 0.100. The van der Waals surface area contributed by atoms with Crippen LogP contribution in [0.1, 0.15) is 0 Å². The molecule has 1 aliphatic heterocycles. The van der Waals surface area contributed by atoms with Crippen molar-refractivity contribution in [3.05, 3.63) is 72.8 Å². The number of fused-ring (bicyclic) bond motifs is 1. The molecule has 6 heteroatoms. The molecule has 1 aliphatic rings. The van der Waals surface area contributed by atoms with Gasteiger partial charge in [-0.25, -0.2) is 4.39 Å². The van der Waals surface area contributed by atoms with Gasteiger partial charge in [0.25, 0.3) is 5.91 Å².